The zero-order valence-corrected chi connectivity index (χ0v) is 16.7. The summed E-state index contributed by atoms with van der Waals surface area (Å²) < 4.78 is 6.98. The lowest BCUT2D eigenvalue weighted by Crippen LogP contribution is -2.14. The van der Waals surface area contributed by atoms with Gasteiger partial charge >= 0.3 is 0 Å². The van der Waals surface area contributed by atoms with Gasteiger partial charge in [0.25, 0.3) is 0 Å². The van der Waals surface area contributed by atoms with Crippen LogP contribution < -0.4 is 10.1 Å². The normalized spacial score (nSPS) is 10.3. The predicted molar refractivity (Wildman–Crippen MR) is 104 cm³/mol. The molecule has 0 aliphatic carbocycles. The van der Waals surface area contributed by atoms with Gasteiger partial charge in [-0.15, -0.1) is 12.4 Å². The second kappa shape index (κ2) is 10.4. The van der Waals surface area contributed by atoms with Crippen LogP contribution in [0.15, 0.2) is 40.9 Å². The first kappa shape index (κ1) is 20.6. The molecule has 0 spiro atoms. The van der Waals surface area contributed by atoms with Crippen LogP contribution in [0.2, 0.25) is 10.0 Å². The van der Waals surface area contributed by atoms with E-state index in [0.717, 1.165) is 40.9 Å². The minimum absolute atomic E-state index is 0. The average molecular weight is 440 g/mol. The monoisotopic (exact) mass is 437 g/mol. The van der Waals surface area contributed by atoms with Crippen molar-refractivity contribution >= 4 is 51.5 Å². The molecule has 0 heterocycles. The molecule has 0 unspecified atom stereocenters. The van der Waals surface area contributed by atoms with Crippen LogP contribution in [0.25, 0.3) is 0 Å². The van der Waals surface area contributed by atoms with Gasteiger partial charge in [-0.05, 0) is 43.3 Å². The summed E-state index contributed by atoms with van der Waals surface area (Å²) in [6.07, 6.45) is 1.10. The first-order valence-corrected chi connectivity index (χ1v) is 8.71. The average Bonchev–Trinajstić information content (AvgIpc) is 2.48. The fourth-order valence-electron chi connectivity index (χ4n) is 2.02. The van der Waals surface area contributed by atoms with Gasteiger partial charge in [-0.3, -0.25) is 0 Å². The Morgan fingerprint density at radius 2 is 1.87 bits per heavy atom. The Balaban J connectivity index is 0.00000264. The lowest BCUT2D eigenvalue weighted by molar-refractivity contribution is 0.302. The molecule has 0 radical (unpaired) electrons. The summed E-state index contributed by atoms with van der Waals surface area (Å²) in [6.45, 7) is 4.32. The highest BCUT2D eigenvalue weighted by atomic mass is 79.9. The zero-order valence-electron chi connectivity index (χ0n) is 12.7. The number of halogens is 4. The van der Waals surface area contributed by atoms with Crippen molar-refractivity contribution in [3.8, 4) is 5.75 Å². The lowest BCUT2D eigenvalue weighted by Gasteiger charge is -2.13. The fourth-order valence-corrected chi connectivity index (χ4v) is 2.89. The van der Waals surface area contributed by atoms with Gasteiger partial charge < -0.3 is 10.1 Å². The smallest absolute Gasteiger partial charge is 0.124 e. The Morgan fingerprint density at radius 3 is 2.57 bits per heavy atom. The Labute approximate surface area is 162 Å². The highest BCUT2D eigenvalue weighted by Gasteiger charge is 2.07. The van der Waals surface area contributed by atoms with Crippen molar-refractivity contribution in [3.05, 3.63) is 62.0 Å². The maximum atomic E-state index is 6.18. The standard InChI is InChI=1S/C17H18BrCl2NO.ClH/c1-2-7-21-10-13-8-14(18)4-6-17(13)22-11-12-3-5-15(19)9-16(12)20;/h3-6,8-9,21H,2,7,10-11H2,1H3;1H. The van der Waals surface area contributed by atoms with Crippen molar-refractivity contribution in [3.63, 3.8) is 0 Å². The van der Waals surface area contributed by atoms with Crippen LogP contribution in [0, 0.1) is 0 Å². The number of hydrogen-bond acceptors (Lipinski definition) is 2. The molecule has 23 heavy (non-hydrogen) atoms. The van der Waals surface area contributed by atoms with Gasteiger partial charge in [0.1, 0.15) is 12.4 Å². The van der Waals surface area contributed by atoms with Crippen molar-refractivity contribution in [2.45, 2.75) is 26.5 Å². The lowest BCUT2D eigenvalue weighted by atomic mass is 10.2. The molecule has 0 atom stereocenters. The highest BCUT2D eigenvalue weighted by Crippen LogP contribution is 2.26. The van der Waals surface area contributed by atoms with Crippen LogP contribution in [0.3, 0.4) is 0 Å². The van der Waals surface area contributed by atoms with Crippen molar-refractivity contribution in [2.75, 3.05) is 6.54 Å². The number of benzene rings is 2. The van der Waals surface area contributed by atoms with Gasteiger partial charge in [-0.1, -0.05) is 52.1 Å². The molecule has 0 amide bonds. The summed E-state index contributed by atoms with van der Waals surface area (Å²) in [4.78, 5) is 0. The van der Waals surface area contributed by atoms with E-state index in [1.807, 2.05) is 24.3 Å². The zero-order chi connectivity index (χ0) is 15.9. The maximum absolute atomic E-state index is 6.18. The summed E-state index contributed by atoms with van der Waals surface area (Å²) in [6, 6.07) is 11.4. The summed E-state index contributed by atoms with van der Waals surface area (Å²) >= 11 is 15.6. The summed E-state index contributed by atoms with van der Waals surface area (Å²) in [5, 5.41) is 4.64. The van der Waals surface area contributed by atoms with E-state index < -0.39 is 0 Å². The van der Waals surface area contributed by atoms with E-state index in [-0.39, 0.29) is 12.4 Å². The van der Waals surface area contributed by atoms with Crippen molar-refractivity contribution in [2.24, 2.45) is 0 Å². The molecular formula is C17H19BrCl3NO. The van der Waals surface area contributed by atoms with Gasteiger partial charge in [-0.2, -0.15) is 0 Å². The summed E-state index contributed by atoms with van der Waals surface area (Å²) in [5.74, 6) is 0.859. The molecule has 0 aliphatic rings. The van der Waals surface area contributed by atoms with Gasteiger partial charge in [0.2, 0.25) is 0 Å². The minimum Gasteiger partial charge on any atom is -0.489 e. The Morgan fingerprint density at radius 1 is 1.09 bits per heavy atom. The van der Waals surface area contributed by atoms with E-state index >= 15 is 0 Å². The molecule has 0 aliphatic heterocycles. The molecule has 6 heteroatoms. The van der Waals surface area contributed by atoms with E-state index in [1.165, 1.54) is 0 Å². The molecule has 0 saturated heterocycles. The Bertz CT molecular complexity index is 637. The van der Waals surface area contributed by atoms with Crippen LogP contribution in [0.4, 0.5) is 0 Å². The third kappa shape index (κ3) is 6.52. The first-order chi connectivity index (χ1) is 10.6. The molecule has 0 saturated carbocycles. The van der Waals surface area contributed by atoms with Gasteiger partial charge in [0.15, 0.2) is 0 Å². The van der Waals surface area contributed by atoms with Gasteiger partial charge in [-0.25, -0.2) is 0 Å². The van der Waals surface area contributed by atoms with Crippen LogP contribution >= 0.6 is 51.5 Å². The van der Waals surface area contributed by atoms with E-state index in [1.54, 1.807) is 6.07 Å². The number of nitrogens with one attached hydrogen (secondary N) is 1. The Hall–Kier alpha value is -0.450. The topological polar surface area (TPSA) is 21.3 Å². The molecule has 0 bridgehead atoms. The molecular weight excluding hydrogens is 420 g/mol. The van der Waals surface area contributed by atoms with Crippen LogP contribution in [-0.2, 0) is 13.2 Å². The number of hydrogen-bond donors (Lipinski definition) is 1. The van der Waals surface area contributed by atoms with Gasteiger partial charge in [0.05, 0.1) is 0 Å². The molecule has 0 aromatic heterocycles. The highest BCUT2D eigenvalue weighted by molar-refractivity contribution is 9.10. The molecule has 2 aromatic rings. The van der Waals surface area contributed by atoms with Crippen LogP contribution in [0.1, 0.15) is 24.5 Å². The summed E-state index contributed by atoms with van der Waals surface area (Å²) in [7, 11) is 0. The van der Waals surface area contributed by atoms with Crippen molar-refractivity contribution in [1.82, 2.24) is 5.32 Å². The third-order valence-corrected chi connectivity index (χ3v) is 4.24. The summed E-state index contributed by atoms with van der Waals surface area (Å²) in [5.41, 5.74) is 2.04. The fraction of sp³-hybridized carbons (Fsp3) is 0.294. The van der Waals surface area contributed by atoms with Crippen molar-refractivity contribution in [1.29, 1.82) is 0 Å². The van der Waals surface area contributed by atoms with E-state index in [0.29, 0.717) is 16.7 Å². The van der Waals surface area contributed by atoms with Gasteiger partial charge in [0, 0.05) is 32.2 Å². The minimum atomic E-state index is 0. The quantitative estimate of drug-likeness (QED) is 0.515. The first-order valence-electron chi connectivity index (χ1n) is 7.16. The maximum Gasteiger partial charge on any atom is 0.124 e. The molecule has 0 fully saturated rings. The second-order valence-electron chi connectivity index (χ2n) is 4.95. The second-order valence-corrected chi connectivity index (χ2v) is 6.71. The number of ether oxygens (including phenoxy) is 1. The van der Waals surface area contributed by atoms with Crippen molar-refractivity contribution < 1.29 is 4.74 Å². The molecule has 1 N–H and O–H groups in total. The molecule has 2 aromatic carbocycles. The molecule has 2 rings (SSSR count). The molecule has 2 nitrogen and oxygen atoms in total. The third-order valence-electron chi connectivity index (χ3n) is 3.16. The predicted octanol–water partition coefficient (Wildman–Crippen LogP) is 6.26. The van der Waals surface area contributed by atoms with Crippen LogP contribution in [0.5, 0.6) is 5.75 Å². The SMILES string of the molecule is CCCNCc1cc(Br)ccc1OCc1ccc(Cl)cc1Cl.Cl. The van der Waals surface area contributed by atoms with E-state index in [2.05, 4.69) is 34.2 Å². The Kier molecular flexibility index (Phi) is 9.33. The van der Waals surface area contributed by atoms with Crippen LogP contribution in [-0.4, -0.2) is 6.54 Å². The van der Waals surface area contributed by atoms with E-state index in [4.69, 9.17) is 27.9 Å². The van der Waals surface area contributed by atoms with E-state index in [9.17, 15) is 0 Å². The molecule has 126 valence electrons. The largest absolute Gasteiger partial charge is 0.489 e. The number of rotatable bonds is 7.